The average molecular weight is 613 g/mol. The van der Waals surface area contributed by atoms with Gasteiger partial charge in [-0.15, -0.1) is 0 Å². The Morgan fingerprint density at radius 1 is 0.438 bits per heavy atom. The number of hydrogen-bond acceptors (Lipinski definition) is 2. The minimum atomic E-state index is 0.705. The standard InChI is InChI=1S/C44H28N4/c1-3-12-29(13-4-1)37-27-38(30-14-5-2-6-15-30)47-44(46-37)31-19-22-32(23-20-31)48-39-18-10-9-17-34(39)42-40(48)26-24-35-41-33-16-8-7-11-28(33)21-25-36(41)45-43(35)42/h1-27,45H. The Labute approximate surface area is 276 Å². The minimum absolute atomic E-state index is 0.705. The molecule has 3 aromatic heterocycles. The van der Waals surface area contributed by atoms with Gasteiger partial charge in [-0.05, 0) is 59.3 Å². The van der Waals surface area contributed by atoms with Crippen LogP contribution in [-0.4, -0.2) is 19.5 Å². The van der Waals surface area contributed by atoms with Crippen LogP contribution in [0.4, 0.5) is 0 Å². The summed E-state index contributed by atoms with van der Waals surface area (Å²) in [5.74, 6) is 0.705. The number of nitrogens with one attached hydrogen (secondary N) is 1. The highest BCUT2D eigenvalue weighted by Gasteiger charge is 2.18. The number of aromatic nitrogens is 4. The summed E-state index contributed by atoms with van der Waals surface area (Å²) in [6, 6.07) is 57.7. The number of aromatic amines is 1. The van der Waals surface area contributed by atoms with Crippen molar-refractivity contribution in [3.63, 3.8) is 0 Å². The maximum absolute atomic E-state index is 5.05. The fourth-order valence-corrected chi connectivity index (χ4v) is 7.33. The molecule has 0 amide bonds. The highest BCUT2D eigenvalue weighted by atomic mass is 15.0. The van der Waals surface area contributed by atoms with E-state index in [0.717, 1.165) is 39.3 Å². The first kappa shape index (κ1) is 26.7. The maximum atomic E-state index is 5.05. The van der Waals surface area contributed by atoms with E-state index in [1.807, 2.05) is 36.4 Å². The number of fused-ring (bicyclic) bond motifs is 9. The van der Waals surface area contributed by atoms with Gasteiger partial charge in [-0.3, -0.25) is 0 Å². The number of hydrogen-bond donors (Lipinski definition) is 1. The monoisotopic (exact) mass is 612 g/mol. The van der Waals surface area contributed by atoms with Crippen LogP contribution in [0.25, 0.3) is 94.0 Å². The van der Waals surface area contributed by atoms with Crippen molar-refractivity contribution in [2.45, 2.75) is 0 Å². The summed E-state index contributed by atoms with van der Waals surface area (Å²) in [5, 5.41) is 7.51. The van der Waals surface area contributed by atoms with Gasteiger partial charge in [-0.25, -0.2) is 9.97 Å². The Kier molecular flexibility index (Phi) is 5.84. The van der Waals surface area contributed by atoms with Crippen LogP contribution in [0.15, 0.2) is 164 Å². The number of H-pyrrole nitrogens is 1. The quantitative estimate of drug-likeness (QED) is 0.215. The van der Waals surface area contributed by atoms with Crippen LogP contribution in [0.5, 0.6) is 0 Å². The van der Waals surface area contributed by atoms with E-state index in [-0.39, 0.29) is 0 Å². The second-order valence-corrected chi connectivity index (χ2v) is 12.3. The number of nitrogens with zero attached hydrogens (tertiary/aromatic N) is 3. The number of rotatable bonds is 4. The van der Waals surface area contributed by atoms with E-state index >= 15 is 0 Å². The molecule has 10 aromatic rings. The predicted molar refractivity (Wildman–Crippen MR) is 200 cm³/mol. The molecule has 0 bridgehead atoms. The molecule has 3 heterocycles. The zero-order valence-corrected chi connectivity index (χ0v) is 25.9. The van der Waals surface area contributed by atoms with Gasteiger partial charge in [0.05, 0.1) is 27.9 Å². The van der Waals surface area contributed by atoms with E-state index in [2.05, 4.69) is 137 Å². The Bertz CT molecular complexity index is 2750. The van der Waals surface area contributed by atoms with E-state index in [1.165, 1.54) is 48.9 Å². The van der Waals surface area contributed by atoms with Crippen LogP contribution in [-0.2, 0) is 0 Å². The van der Waals surface area contributed by atoms with Crippen molar-refractivity contribution >= 4 is 54.4 Å². The molecule has 0 aliphatic heterocycles. The Morgan fingerprint density at radius 3 is 1.81 bits per heavy atom. The normalized spacial score (nSPS) is 11.8. The molecule has 0 aliphatic carbocycles. The molecule has 0 unspecified atom stereocenters. The van der Waals surface area contributed by atoms with Crippen molar-refractivity contribution in [2.75, 3.05) is 0 Å². The predicted octanol–water partition coefficient (Wildman–Crippen LogP) is 11.4. The van der Waals surface area contributed by atoms with Crippen LogP contribution in [0, 0.1) is 0 Å². The Hall–Kier alpha value is -6.52. The maximum Gasteiger partial charge on any atom is 0.160 e. The van der Waals surface area contributed by atoms with Crippen LogP contribution in [0.1, 0.15) is 0 Å². The molecular weight excluding hydrogens is 585 g/mol. The average Bonchev–Trinajstić information content (AvgIpc) is 3.72. The van der Waals surface area contributed by atoms with E-state index in [9.17, 15) is 0 Å². The van der Waals surface area contributed by atoms with E-state index in [4.69, 9.17) is 9.97 Å². The molecule has 4 heteroatoms. The molecule has 0 aliphatic rings. The summed E-state index contributed by atoms with van der Waals surface area (Å²) < 4.78 is 2.37. The van der Waals surface area contributed by atoms with Crippen molar-refractivity contribution in [1.29, 1.82) is 0 Å². The molecule has 0 saturated heterocycles. The van der Waals surface area contributed by atoms with Gasteiger partial charge < -0.3 is 9.55 Å². The molecule has 10 rings (SSSR count). The summed E-state index contributed by atoms with van der Waals surface area (Å²) in [5.41, 5.74) is 10.7. The third kappa shape index (κ3) is 4.10. The van der Waals surface area contributed by atoms with Crippen molar-refractivity contribution in [2.24, 2.45) is 0 Å². The lowest BCUT2D eigenvalue weighted by molar-refractivity contribution is 1.16. The topological polar surface area (TPSA) is 46.5 Å². The van der Waals surface area contributed by atoms with Gasteiger partial charge in [0.2, 0.25) is 0 Å². The molecule has 7 aromatic carbocycles. The molecule has 0 fully saturated rings. The van der Waals surface area contributed by atoms with Gasteiger partial charge in [0, 0.05) is 49.4 Å². The largest absolute Gasteiger partial charge is 0.354 e. The Morgan fingerprint density at radius 2 is 1.08 bits per heavy atom. The molecule has 0 saturated carbocycles. The lowest BCUT2D eigenvalue weighted by Gasteiger charge is -2.11. The summed E-state index contributed by atoms with van der Waals surface area (Å²) >= 11 is 0. The van der Waals surface area contributed by atoms with Crippen LogP contribution in [0.2, 0.25) is 0 Å². The summed E-state index contributed by atoms with van der Waals surface area (Å²) in [6.45, 7) is 0. The molecule has 4 nitrogen and oxygen atoms in total. The zero-order chi connectivity index (χ0) is 31.6. The first-order valence-electron chi connectivity index (χ1n) is 16.3. The lowest BCUT2D eigenvalue weighted by atomic mass is 10.0. The molecule has 0 spiro atoms. The smallest absolute Gasteiger partial charge is 0.160 e. The minimum Gasteiger partial charge on any atom is -0.354 e. The molecular formula is C44H28N4. The van der Waals surface area contributed by atoms with Gasteiger partial charge in [0.25, 0.3) is 0 Å². The third-order valence-electron chi connectivity index (χ3n) is 9.55. The highest BCUT2D eigenvalue weighted by molar-refractivity contribution is 6.29. The molecule has 0 atom stereocenters. The summed E-state index contributed by atoms with van der Waals surface area (Å²) in [4.78, 5) is 13.9. The van der Waals surface area contributed by atoms with Gasteiger partial charge >= 0.3 is 0 Å². The first-order valence-corrected chi connectivity index (χ1v) is 16.3. The lowest BCUT2D eigenvalue weighted by Crippen LogP contribution is -1.97. The zero-order valence-electron chi connectivity index (χ0n) is 25.9. The number of para-hydroxylation sites is 1. The summed E-state index contributed by atoms with van der Waals surface area (Å²) in [6.07, 6.45) is 0. The molecule has 1 N–H and O–H groups in total. The summed E-state index contributed by atoms with van der Waals surface area (Å²) in [7, 11) is 0. The van der Waals surface area contributed by atoms with Crippen molar-refractivity contribution in [1.82, 2.24) is 19.5 Å². The Balaban J connectivity index is 1.15. The molecule has 0 radical (unpaired) electrons. The molecule has 48 heavy (non-hydrogen) atoms. The third-order valence-corrected chi connectivity index (χ3v) is 9.55. The van der Waals surface area contributed by atoms with Crippen LogP contribution in [0.3, 0.4) is 0 Å². The second kappa shape index (κ2) is 10.5. The van der Waals surface area contributed by atoms with E-state index in [0.29, 0.717) is 5.82 Å². The number of benzene rings is 7. The highest BCUT2D eigenvalue weighted by Crippen LogP contribution is 2.41. The fourth-order valence-electron chi connectivity index (χ4n) is 7.33. The van der Waals surface area contributed by atoms with Crippen molar-refractivity contribution < 1.29 is 0 Å². The van der Waals surface area contributed by atoms with Crippen LogP contribution >= 0.6 is 0 Å². The van der Waals surface area contributed by atoms with E-state index < -0.39 is 0 Å². The van der Waals surface area contributed by atoms with Crippen molar-refractivity contribution in [3.8, 4) is 39.6 Å². The van der Waals surface area contributed by atoms with Gasteiger partial charge in [0.15, 0.2) is 5.82 Å². The van der Waals surface area contributed by atoms with Crippen molar-refractivity contribution in [3.05, 3.63) is 164 Å². The first-order chi connectivity index (χ1) is 23.8. The van der Waals surface area contributed by atoms with Gasteiger partial charge in [-0.1, -0.05) is 115 Å². The SMILES string of the molecule is c1ccc(-c2cc(-c3ccccc3)nc(-c3ccc(-n4c5ccccc5c5c6[nH]c7ccc8ccccc8c7c6ccc54)cc3)n2)cc1. The second-order valence-electron chi connectivity index (χ2n) is 12.3. The fraction of sp³-hybridized carbons (Fsp3) is 0. The molecule has 224 valence electrons. The van der Waals surface area contributed by atoms with Gasteiger partial charge in [0.1, 0.15) is 0 Å². The van der Waals surface area contributed by atoms with Crippen LogP contribution < -0.4 is 0 Å². The van der Waals surface area contributed by atoms with Gasteiger partial charge in [-0.2, -0.15) is 0 Å². The van der Waals surface area contributed by atoms with E-state index in [1.54, 1.807) is 0 Å².